The summed E-state index contributed by atoms with van der Waals surface area (Å²) in [6.45, 7) is 2.02. The number of aryl methyl sites for hydroxylation is 1. The number of hydrogen-bond acceptors (Lipinski definition) is 3. The monoisotopic (exact) mass is 309 g/mol. The van der Waals surface area contributed by atoms with E-state index in [0.717, 1.165) is 31.2 Å². The molecule has 1 aliphatic rings. The van der Waals surface area contributed by atoms with Crippen LogP contribution in [0.25, 0.3) is 0 Å². The summed E-state index contributed by atoms with van der Waals surface area (Å²) in [5, 5.41) is 12.3. The number of oxime groups is 1. The van der Waals surface area contributed by atoms with E-state index < -0.39 is 0 Å². The molecule has 0 radical (unpaired) electrons. The number of carbonyl (C=O) groups excluding carboxylic acids is 1. The maximum absolute atomic E-state index is 12.7. The first-order valence-electron chi connectivity index (χ1n) is 7.06. The van der Waals surface area contributed by atoms with E-state index in [1.165, 1.54) is 0 Å². The number of nitrogens with zero attached hydrogens (tertiary/aromatic N) is 2. The number of halogens is 1. The Bertz CT molecular complexity index is 554. The Morgan fingerprint density at radius 1 is 1.48 bits per heavy atom. The second kappa shape index (κ2) is 6.80. The van der Waals surface area contributed by atoms with Crippen molar-refractivity contribution in [3.05, 3.63) is 34.3 Å². The quantitative estimate of drug-likeness (QED) is 0.388. The molecule has 2 rings (SSSR count). The molecule has 5 nitrogen and oxygen atoms in total. The van der Waals surface area contributed by atoms with E-state index in [1.54, 1.807) is 17.0 Å². The molecule has 0 saturated heterocycles. The van der Waals surface area contributed by atoms with Crippen LogP contribution >= 0.6 is 11.6 Å². The number of amides is 1. The molecule has 0 spiro atoms. The zero-order chi connectivity index (χ0) is 15.4. The lowest BCUT2D eigenvalue weighted by atomic mass is 10.1. The van der Waals surface area contributed by atoms with Crippen molar-refractivity contribution in [3.63, 3.8) is 0 Å². The smallest absolute Gasteiger partial charge is 0.254 e. The van der Waals surface area contributed by atoms with Crippen molar-refractivity contribution in [3.8, 4) is 0 Å². The van der Waals surface area contributed by atoms with Gasteiger partial charge in [0.05, 0.1) is 6.54 Å². The van der Waals surface area contributed by atoms with Gasteiger partial charge in [-0.3, -0.25) is 4.79 Å². The molecule has 1 aliphatic carbocycles. The van der Waals surface area contributed by atoms with Crippen molar-refractivity contribution >= 4 is 23.3 Å². The number of carbonyl (C=O) groups is 1. The molecule has 0 bridgehead atoms. The molecule has 0 unspecified atom stereocenters. The van der Waals surface area contributed by atoms with Gasteiger partial charge in [0.25, 0.3) is 5.91 Å². The lowest BCUT2D eigenvalue weighted by Crippen LogP contribution is -2.44. The largest absolute Gasteiger partial charge is 0.409 e. The average Bonchev–Trinajstić information content (AvgIpc) is 3.00. The standard InChI is InChI=1S/C15H20ClN3O2/c1-10-6-7-11(8-13(10)16)15(20)19(9-14(17)18-21)12-4-2-3-5-12/h6-8,12,21H,2-5,9H2,1H3,(H2,17,18). The topological polar surface area (TPSA) is 78.9 Å². The minimum absolute atomic E-state index is 0.0356. The fraction of sp³-hybridized carbons (Fsp3) is 0.467. The molecule has 0 aromatic heterocycles. The average molecular weight is 310 g/mol. The van der Waals surface area contributed by atoms with Crippen LogP contribution in [0.3, 0.4) is 0 Å². The second-order valence-corrected chi connectivity index (χ2v) is 5.83. The van der Waals surface area contributed by atoms with Crippen LogP contribution in [0, 0.1) is 6.92 Å². The van der Waals surface area contributed by atoms with Crippen molar-refractivity contribution in [1.29, 1.82) is 0 Å². The molecule has 1 aromatic carbocycles. The Morgan fingerprint density at radius 2 is 2.14 bits per heavy atom. The molecule has 3 N–H and O–H groups in total. The van der Waals surface area contributed by atoms with E-state index in [2.05, 4.69) is 5.16 Å². The van der Waals surface area contributed by atoms with E-state index >= 15 is 0 Å². The van der Waals surface area contributed by atoms with Crippen molar-refractivity contribution in [1.82, 2.24) is 4.90 Å². The fourth-order valence-electron chi connectivity index (χ4n) is 2.68. The van der Waals surface area contributed by atoms with E-state index in [4.69, 9.17) is 22.5 Å². The van der Waals surface area contributed by atoms with Crippen molar-refractivity contribution in [2.45, 2.75) is 38.6 Å². The normalized spacial score (nSPS) is 16.2. The van der Waals surface area contributed by atoms with E-state index in [9.17, 15) is 4.79 Å². The highest BCUT2D eigenvalue weighted by Gasteiger charge is 2.28. The van der Waals surface area contributed by atoms with Gasteiger partial charge in [-0.05, 0) is 37.5 Å². The minimum atomic E-state index is -0.129. The van der Waals surface area contributed by atoms with Gasteiger partial charge in [-0.25, -0.2) is 0 Å². The van der Waals surface area contributed by atoms with Gasteiger partial charge >= 0.3 is 0 Å². The maximum atomic E-state index is 12.7. The van der Waals surface area contributed by atoms with Crippen LogP contribution in [-0.2, 0) is 0 Å². The van der Waals surface area contributed by atoms with E-state index in [-0.39, 0.29) is 24.3 Å². The van der Waals surface area contributed by atoms with Crippen LogP contribution in [0.1, 0.15) is 41.6 Å². The van der Waals surface area contributed by atoms with E-state index in [1.807, 2.05) is 13.0 Å². The van der Waals surface area contributed by atoms with Crippen LogP contribution in [0.4, 0.5) is 0 Å². The van der Waals surface area contributed by atoms with Crippen LogP contribution in [0.2, 0.25) is 5.02 Å². The van der Waals surface area contributed by atoms with Gasteiger partial charge in [0.15, 0.2) is 5.84 Å². The highest BCUT2D eigenvalue weighted by atomic mass is 35.5. The van der Waals surface area contributed by atoms with Gasteiger partial charge in [0, 0.05) is 16.6 Å². The molecule has 1 amide bonds. The van der Waals surface area contributed by atoms with Gasteiger partial charge in [-0.15, -0.1) is 0 Å². The zero-order valence-electron chi connectivity index (χ0n) is 12.1. The Kier molecular flexibility index (Phi) is 5.07. The lowest BCUT2D eigenvalue weighted by Gasteiger charge is -2.28. The predicted octanol–water partition coefficient (Wildman–Crippen LogP) is 2.78. The van der Waals surface area contributed by atoms with Crippen LogP contribution in [0.15, 0.2) is 23.4 Å². The van der Waals surface area contributed by atoms with Crippen LogP contribution in [-0.4, -0.2) is 34.4 Å². The summed E-state index contributed by atoms with van der Waals surface area (Å²) in [7, 11) is 0. The summed E-state index contributed by atoms with van der Waals surface area (Å²) >= 11 is 6.10. The third-order valence-corrected chi connectivity index (χ3v) is 4.31. The molecule has 6 heteroatoms. The first kappa shape index (κ1) is 15.6. The van der Waals surface area contributed by atoms with E-state index in [0.29, 0.717) is 10.6 Å². The fourth-order valence-corrected chi connectivity index (χ4v) is 2.86. The first-order valence-corrected chi connectivity index (χ1v) is 7.44. The van der Waals surface area contributed by atoms with Crippen molar-refractivity contribution < 1.29 is 10.0 Å². The molecule has 0 atom stereocenters. The molecular weight excluding hydrogens is 290 g/mol. The summed E-state index contributed by atoms with van der Waals surface area (Å²) in [5.41, 5.74) is 7.05. The minimum Gasteiger partial charge on any atom is -0.409 e. The molecule has 21 heavy (non-hydrogen) atoms. The maximum Gasteiger partial charge on any atom is 0.254 e. The van der Waals surface area contributed by atoms with Gasteiger partial charge in [0.1, 0.15) is 0 Å². The number of benzene rings is 1. The molecular formula is C15H20ClN3O2. The second-order valence-electron chi connectivity index (χ2n) is 5.43. The zero-order valence-corrected chi connectivity index (χ0v) is 12.8. The SMILES string of the molecule is Cc1ccc(C(=O)N(CC(N)=NO)C2CCCC2)cc1Cl. The van der Waals surface area contributed by atoms with Gasteiger partial charge in [-0.2, -0.15) is 0 Å². The molecule has 0 heterocycles. The first-order chi connectivity index (χ1) is 10.0. The van der Waals surface area contributed by atoms with Crippen molar-refractivity contribution in [2.75, 3.05) is 6.54 Å². The summed E-state index contributed by atoms with van der Waals surface area (Å²) in [6.07, 6.45) is 4.09. The van der Waals surface area contributed by atoms with Gasteiger partial charge in [0.2, 0.25) is 0 Å². The van der Waals surface area contributed by atoms with Gasteiger partial charge < -0.3 is 15.8 Å². The summed E-state index contributed by atoms with van der Waals surface area (Å²) in [4.78, 5) is 14.4. The molecule has 1 aromatic rings. The number of nitrogens with two attached hydrogens (primary N) is 1. The number of rotatable bonds is 4. The molecule has 0 aliphatic heterocycles. The molecule has 1 saturated carbocycles. The Morgan fingerprint density at radius 3 is 2.71 bits per heavy atom. The third kappa shape index (κ3) is 3.67. The number of hydrogen-bond donors (Lipinski definition) is 2. The summed E-state index contributed by atoms with van der Waals surface area (Å²) in [5.74, 6) is -0.0936. The lowest BCUT2D eigenvalue weighted by molar-refractivity contribution is 0.0712. The van der Waals surface area contributed by atoms with Crippen LogP contribution < -0.4 is 5.73 Å². The molecule has 114 valence electrons. The Balaban J connectivity index is 2.25. The molecule has 1 fully saturated rings. The van der Waals surface area contributed by atoms with Gasteiger partial charge in [-0.1, -0.05) is 35.7 Å². The highest BCUT2D eigenvalue weighted by Crippen LogP contribution is 2.26. The Hall–Kier alpha value is -1.75. The summed E-state index contributed by atoms with van der Waals surface area (Å²) < 4.78 is 0. The Labute approximate surface area is 129 Å². The summed E-state index contributed by atoms with van der Waals surface area (Å²) in [6, 6.07) is 5.40. The predicted molar refractivity (Wildman–Crippen MR) is 82.9 cm³/mol. The van der Waals surface area contributed by atoms with Crippen molar-refractivity contribution in [2.24, 2.45) is 10.9 Å². The van der Waals surface area contributed by atoms with Crippen LogP contribution in [0.5, 0.6) is 0 Å². The number of amidine groups is 1. The third-order valence-electron chi connectivity index (χ3n) is 3.91. The highest BCUT2D eigenvalue weighted by molar-refractivity contribution is 6.31.